The molecule has 0 saturated carbocycles. The van der Waals surface area contributed by atoms with Crippen LogP contribution in [0.25, 0.3) is 0 Å². The molecule has 0 amide bonds. The fraction of sp³-hybridized carbons (Fsp3) is 0.533. The van der Waals surface area contributed by atoms with E-state index >= 15 is 0 Å². The van der Waals surface area contributed by atoms with E-state index in [4.69, 9.17) is 4.84 Å². The van der Waals surface area contributed by atoms with Crippen molar-refractivity contribution in [3.05, 3.63) is 35.9 Å². The molecule has 2 aliphatic rings. The zero-order chi connectivity index (χ0) is 12.4. The van der Waals surface area contributed by atoms with Crippen LogP contribution in [0.4, 0.5) is 0 Å². The van der Waals surface area contributed by atoms with Crippen molar-refractivity contribution in [2.45, 2.75) is 38.3 Å². The topological polar surface area (TPSA) is 24.8 Å². The Morgan fingerprint density at radius 3 is 2.56 bits per heavy atom. The Hall–Kier alpha value is -1.35. The maximum Gasteiger partial charge on any atom is 0.145 e. The number of hydrogen-bond acceptors (Lipinski definition) is 3. The average molecular weight is 244 g/mol. The van der Waals surface area contributed by atoms with Crippen LogP contribution in [-0.2, 0) is 11.4 Å². The summed E-state index contributed by atoms with van der Waals surface area (Å²) in [4.78, 5) is 8.17. The van der Waals surface area contributed by atoms with E-state index < -0.39 is 0 Å². The summed E-state index contributed by atoms with van der Waals surface area (Å²) in [5.74, 6) is 0. The first-order valence-electron chi connectivity index (χ1n) is 6.74. The van der Waals surface area contributed by atoms with Gasteiger partial charge in [-0.15, -0.1) is 0 Å². The van der Waals surface area contributed by atoms with Crippen LogP contribution in [0.15, 0.2) is 35.5 Å². The van der Waals surface area contributed by atoms with Crippen LogP contribution in [-0.4, -0.2) is 29.3 Å². The van der Waals surface area contributed by atoms with Gasteiger partial charge in [0.1, 0.15) is 5.60 Å². The van der Waals surface area contributed by atoms with Crippen LogP contribution < -0.4 is 0 Å². The van der Waals surface area contributed by atoms with Gasteiger partial charge >= 0.3 is 0 Å². The van der Waals surface area contributed by atoms with Crippen molar-refractivity contribution in [1.82, 2.24) is 4.90 Å². The largest absolute Gasteiger partial charge is 0.389 e. The highest BCUT2D eigenvalue weighted by Gasteiger charge is 2.40. The summed E-state index contributed by atoms with van der Waals surface area (Å²) >= 11 is 0. The van der Waals surface area contributed by atoms with Gasteiger partial charge in [-0.2, -0.15) is 0 Å². The maximum absolute atomic E-state index is 5.65. The van der Waals surface area contributed by atoms with E-state index in [-0.39, 0.29) is 5.60 Å². The molecular weight excluding hydrogens is 224 g/mol. The first-order chi connectivity index (χ1) is 8.76. The third-order valence-electron chi connectivity index (χ3n) is 3.99. The Bertz CT molecular complexity index is 433. The molecular formula is C15H20N2O. The highest BCUT2D eigenvalue weighted by molar-refractivity contribution is 5.83. The van der Waals surface area contributed by atoms with Gasteiger partial charge in [-0.05, 0) is 12.5 Å². The van der Waals surface area contributed by atoms with Crippen molar-refractivity contribution >= 4 is 5.71 Å². The summed E-state index contributed by atoms with van der Waals surface area (Å²) in [6, 6.07) is 10.7. The van der Waals surface area contributed by atoms with Crippen molar-refractivity contribution in [3.8, 4) is 0 Å². The Balaban J connectivity index is 1.55. The van der Waals surface area contributed by atoms with E-state index in [0.717, 1.165) is 44.6 Å². The highest BCUT2D eigenvalue weighted by atomic mass is 16.7. The molecule has 0 unspecified atom stereocenters. The summed E-state index contributed by atoms with van der Waals surface area (Å²) in [6.45, 7) is 5.33. The average Bonchev–Trinajstić information content (AvgIpc) is 2.75. The number of oxime groups is 1. The fourth-order valence-electron chi connectivity index (χ4n) is 2.93. The number of hydrogen-bond donors (Lipinski definition) is 0. The van der Waals surface area contributed by atoms with E-state index in [1.807, 2.05) is 0 Å². The van der Waals surface area contributed by atoms with Crippen LogP contribution in [0.2, 0.25) is 0 Å². The minimum absolute atomic E-state index is 0.0251. The fourth-order valence-corrected chi connectivity index (χ4v) is 2.93. The van der Waals surface area contributed by atoms with Gasteiger partial charge in [0, 0.05) is 38.9 Å². The zero-order valence-electron chi connectivity index (χ0n) is 10.9. The second-order valence-corrected chi connectivity index (χ2v) is 5.54. The Morgan fingerprint density at radius 2 is 1.94 bits per heavy atom. The predicted molar refractivity (Wildman–Crippen MR) is 72.5 cm³/mol. The number of nitrogens with zero attached hydrogens (tertiary/aromatic N) is 2. The van der Waals surface area contributed by atoms with Gasteiger partial charge in [-0.1, -0.05) is 35.5 Å². The van der Waals surface area contributed by atoms with Crippen LogP contribution >= 0.6 is 0 Å². The van der Waals surface area contributed by atoms with E-state index in [1.165, 1.54) is 5.56 Å². The van der Waals surface area contributed by atoms with Gasteiger partial charge in [0.05, 0.1) is 5.71 Å². The quantitative estimate of drug-likeness (QED) is 0.799. The van der Waals surface area contributed by atoms with E-state index in [1.54, 1.807) is 0 Å². The van der Waals surface area contributed by atoms with Gasteiger partial charge < -0.3 is 4.84 Å². The molecule has 0 aromatic heterocycles. The molecule has 2 heterocycles. The lowest BCUT2D eigenvalue weighted by molar-refractivity contribution is -0.0627. The van der Waals surface area contributed by atoms with Crippen molar-refractivity contribution in [2.24, 2.45) is 5.16 Å². The Labute approximate surface area is 108 Å². The molecule has 96 valence electrons. The van der Waals surface area contributed by atoms with E-state index in [2.05, 4.69) is 47.3 Å². The third kappa shape index (κ3) is 2.41. The molecule has 0 atom stereocenters. The van der Waals surface area contributed by atoms with E-state index in [9.17, 15) is 0 Å². The highest BCUT2D eigenvalue weighted by Crippen LogP contribution is 2.34. The minimum Gasteiger partial charge on any atom is -0.389 e. The first-order valence-corrected chi connectivity index (χ1v) is 6.74. The molecule has 1 aromatic rings. The number of piperidine rings is 1. The second kappa shape index (κ2) is 4.73. The summed E-state index contributed by atoms with van der Waals surface area (Å²) in [5, 5.41) is 4.12. The lowest BCUT2D eigenvalue weighted by Gasteiger charge is -2.37. The zero-order valence-corrected chi connectivity index (χ0v) is 10.9. The molecule has 1 aromatic carbocycles. The molecule has 0 aliphatic carbocycles. The van der Waals surface area contributed by atoms with Crippen molar-refractivity contribution < 1.29 is 4.84 Å². The second-order valence-electron chi connectivity index (χ2n) is 5.54. The Kier molecular flexibility index (Phi) is 3.08. The molecule has 3 nitrogen and oxygen atoms in total. The molecule has 3 rings (SSSR count). The minimum atomic E-state index is 0.0251. The lowest BCUT2D eigenvalue weighted by atomic mass is 9.87. The van der Waals surface area contributed by atoms with Gasteiger partial charge in [0.2, 0.25) is 0 Å². The molecule has 0 radical (unpaired) electrons. The molecule has 1 spiro atoms. The van der Waals surface area contributed by atoms with Gasteiger partial charge in [0.25, 0.3) is 0 Å². The first kappa shape index (κ1) is 11.7. The predicted octanol–water partition coefficient (Wildman–Crippen LogP) is 2.82. The smallest absolute Gasteiger partial charge is 0.145 e. The summed E-state index contributed by atoms with van der Waals surface area (Å²) in [6.07, 6.45) is 3.22. The summed E-state index contributed by atoms with van der Waals surface area (Å²) in [5.41, 5.74) is 2.57. The van der Waals surface area contributed by atoms with Crippen LogP contribution in [0, 0.1) is 0 Å². The van der Waals surface area contributed by atoms with Crippen molar-refractivity contribution in [2.75, 3.05) is 13.1 Å². The van der Waals surface area contributed by atoms with E-state index in [0.29, 0.717) is 0 Å². The van der Waals surface area contributed by atoms with Crippen LogP contribution in [0.5, 0.6) is 0 Å². The maximum atomic E-state index is 5.65. The lowest BCUT2D eigenvalue weighted by Crippen LogP contribution is -2.44. The number of rotatable bonds is 2. The molecule has 2 aliphatic heterocycles. The van der Waals surface area contributed by atoms with Gasteiger partial charge in [-0.25, -0.2) is 0 Å². The standard InChI is InChI=1S/C15H20N2O/c1-13-11-15(18-16-13)7-9-17(10-8-15)12-14-5-3-2-4-6-14/h2-6H,7-12H2,1H3. The normalized spacial score (nSPS) is 22.8. The van der Waals surface area contributed by atoms with Gasteiger partial charge in [0.15, 0.2) is 0 Å². The molecule has 18 heavy (non-hydrogen) atoms. The third-order valence-corrected chi connectivity index (χ3v) is 3.99. The summed E-state index contributed by atoms with van der Waals surface area (Å²) in [7, 11) is 0. The monoisotopic (exact) mass is 244 g/mol. The van der Waals surface area contributed by atoms with Gasteiger partial charge in [-0.3, -0.25) is 4.90 Å². The molecule has 1 fully saturated rings. The Morgan fingerprint density at radius 1 is 1.22 bits per heavy atom. The van der Waals surface area contributed by atoms with Crippen molar-refractivity contribution in [1.29, 1.82) is 0 Å². The number of benzene rings is 1. The molecule has 3 heteroatoms. The van der Waals surface area contributed by atoms with Crippen LogP contribution in [0.1, 0.15) is 31.7 Å². The number of likely N-dealkylation sites (tertiary alicyclic amines) is 1. The molecule has 0 N–H and O–H groups in total. The SMILES string of the molecule is CC1=NOC2(CCN(Cc3ccccc3)CC2)C1. The molecule has 1 saturated heterocycles. The summed E-state index contributed by atoms with van der Waals surface area (Å²) < 4.78 is 0. The van der Waals surface area contributed by atoms with Crippen molar-refractivity contribution in [3.63, 3.8) is 0 Å². The molecule has 0 bridgehead atoms. The van der Waals surface area contributed by atoms with Crippen LogP contribution in [0.3, 0.4) is 0 Å².